The molecule has 1 aromatic heterocycles. The second kappa shape index (κ2) is 9.46. The number of hydrogen-bond acceptors (Lipinski definition) is 6. The zero-order valence-corrected chi connectivity index (χ0v) is 19.8. The van der Waals surface area contributed by atoms with E-state index in [4.69, 9.17) is 4.74 Å². The Morgan fingerprint density at radius 3 is 2.81 bits per heavy atom. The Labute approximate surface area is 193 Å². The molecule has 0 fully saturated rings. The zero-order chi connectivity index (χ0) is 22.7. The first-order valence-corrected chi connectivity index (χ1v) is 12.0. The van der Waals surface area contributed by atoms with E-state index in [1.165, 1.54) is 0 Å². The van der Waals surface area contributed by atoms with Gasteiger partial charge in [0.15, 0.2) is 5.78 Å². The molecule has 1 aliphatic carbocycles. The molecule has 32 heavy (non-hydrogen) atoms. The molecule has 1 aliphatic heterocycles. The first-order chi connectivity index (χ1) is 15.4. The summed E-state index contributed by atoms with van der Waals surface area (Å²) in [6.07, 6.45) is 2.06. The SMILES string of the molecule is COCCCNC(=O)CN1c2ccccc2NC2=C(C(=O)CC(C)(C)C2)[C@@H]1c1cccs1. The van der Waals surface area contributed by atoms with Gasteiger partial charge in [0.1, 0.15) is 0 Å². The summed E-state index contributed by atoms with van der Waals surface area (Å²) in [5, 5.41) is 8.60. The van der Waals surface area contributed by atoms with Gasteiger partial charge in [0.25, 0.3) is 0 Å². The Morgan fingerprint density at radius 1 is 1.25 bits per heavy atom. The maximum absolute atomic E-state index is 13.5. The zero-order valence-electron chi connectivity index (χ0n) is 18.9. The molecule has 0 saturated carbocycles. The van der Waals surface area contributed by atoms with Crippen molar-refractivity contribution in [3.05, 3.63) is 57.9 Å². The van der Waals surface area contributed by atoms with Crippen molar-refractivity contribution in [1.82, 2.24) is 5.32 Å². The summed E-state index contributed by atoms with van der Waals surface area (Å²) in [5.74, 6) is 0.0885. The number of carbonyl (C=O) groups excluding carboxylic acids is 2. The van der Waals surface area contributed by atoms with Crippen molar-refractivity contribution < 1.29 is 14.3 Å². The molecule has 170 valence electrons. The molecule has 0 radical (unpaired) electrons. The molecule has 2 aliphatic rings. The standard InChI is InChI=1S/C25H31N3O3S/c1-25(2)14-18-23(20(29)15-25)24(21-10-6-13-32-21)28(16-22(30)26-11-7-12-31-3)19-9-5-4-8-17(19)27-18/h4-6,8-10,13,24,27H,7,11-12,14-16H2,1-3H3,(H,26,30)/t24-/m0/s1. The summed E-state index contributed by atoms with van der Waals surface area (Å²) < 4.78 is 5.08. The first-order valence-electron chi connectivity index (χ1n) is 11.1. The first kappa shape index (κ1) is 22.6. The lowest BCUT2D eigenvalue weighted by Crippen LogP contribution is -2.42. The number of methoxy groups -OCH3 is 1. The molecule has 1 atom stereocenters. The predicted octanol–water partition coefficient (Wildman–Crippen LogP) is 4.52. The van der Waals surface area contributed by atoms with E-state index in [2.05, 4.69) is 35.4 Å². The largest absolute Gasteiger partial charge is 0.385 e. The number of amides is 1. The minimum Gasteiger partial charge on any atom is -0.385 e. The lowest BCUT2D eigenvalue weighted by Gasteiger charge is -2.37. The van der Waals surface area contributed by atoms with Gasteiger partial charge >= 0.3 is 0 Å². The molecule has 0 spiro atoms. The molecule has 4 rings (SSSR count). The van der Waals surface area contributed by atoms with Gasteiger partial charge in [-0.15, -0.1) is 11.3 Å². The fourth-order valence-electron chi connectivity index (χ4n) is 4.62. The number of carbonyl (C=O) groups is 2. The van der Waals surface area contributed by atoms with Crippen LogP contribution >= 0.6 is 11.3 Å². The number of anilines is 2. The average molecular weight is 454 g/mol. The Kier molecular flexibility index (Phi) is 6.67. The maximum atomic E-state index is 13.5. The van der Waals surface area contributed by atoms with Crippen molar-refractivity contribution in [1.29, 1.82) is 0 Å². The highest BCUT2D eigenvalue weighted by atomic mass is 32.1. The lowest BCUT2D eigenvalue weighted by molar-refractivity contribution is -0.120. The summed E-state index contributed by atoms with van der Waals surface area (Å²) in [6, 6.07) is 11.8. The van der Waals surface area contributed by atoms with Gasteiger partial charge in [-0.1, -0.05) is 32.0 Å². The van der Waals surface area contributed by atoms with E-state index in [1.807, 2.05) is 35.7 Å². The van der Waals surface area contributed by atoms with Gasteiger partial charge in [0, 0.05) is 42.8 Å². The molecule has 0 saturated heterocycles. The Hall–Kier alpha value is -2.64. The third-order valence-electron chi connectivity index (χ3n) is 5.98. The summed E-state index contributed by atoms with van der Waals surface area (Å²) >= 11 is 1.62. The molecule has 2 aromatic rings. The van der Waals surface area contributed by atoms with E-state index in [0.29, 0.717) is 19.6 Å². The van der Waals surface area contributed by atoms with Crippen LogP contribution in [0, 0.1) is 5.41 Å². The number of para-hydroxylation sites is 2. The molecule has 0 bridgehead atoms. The average Bonchev–Trinajstić information content (AvgIpc) is 3.22. The van der Waals surface area contributed by atoms with Crippen molar-refractivity contribution in [2.45, 2.75) is 39.2 Å². The number of Topliss-reactive ketones (excluding diaryl/α,β-unsaturated/α-hetero) is 1. The number of ether oxygens (including phenoxy) is 1. The predicted molar refractivity (Wildman–Crippen MR) is 129 cm³/mol. The number of nitrogens with one attached hydrogen (secondary N) is 2. The van der Waals surface area contributed by atoms with Crippen LogP contribution in [0.2, 0.25) is 0 Å². The third-order valence-corrected chi connectivity index (χ3v) is 6.90. The second-order valence-electron chi connectivity index (χ2n) is 9.22. The fourth-order valence-corrected chi connectivity index (χ4v) is 5.47. The van der Waals surface area contributed by atoms with E-state index in [-0.39, 0.29) is 29.7 Å². The summed E-state index contributed by atoms with van der Waals surface area (Å²) in [7, 11) is 1.66. The van der Waals surface area contributed by atoms with E-state index in [1.54, 1.807) is 18.4 Å². The van der Waals surface area contributed by atoms with Crippen LogP contribution in [-0.2, 0) is 14.3 Å². The number of ketones is 1. The summed E-state index contributed by atoms with van der Waals surface area (Å²) in [5.41, 5.74) is 3.51. The quantitative estimate of drug-likeness (QED) is 0.604. The van der Waals surface area contributed by atoms with E-state index in [9.17, 15) is 9.59 Å². The number of thiophene rings is 1. The molecule has 1 aromatic carbocycles. The fraction of sp³-hybridized carbons (Fsp3) is 0.440. The number of fused-ring (bicyclic) bond motifs is 1. The summed E-state index contributed by atoms with van der Waals surface area (Å²) in [6.45, 7) is 5.61. The highest BCUT2D eigenvalue weighted by Crippen LogP contribution is 2.48. The molecule has 2 heterocycles. The minimum absolute atomic E-state index is 0.0647. The van der Waals surface area contributed by atoms with Gasteiger partial charge in [-0.05, 0) is 41.8 Å². The molecule has 6 nitrogen and oxygen atoms in total. The van der Waals surface area contributed by atoms with Crippen LogP contribution in [0.5, 0.6) is 0 Å². The molecular weight excluding hydrogens is 422 g/mol. The Balaban J connectivity index is 1.76. The van der Waals surface area contributed by atoms with Gasteiger partial charge in [0.05, 0.1) is 24.0 Å². The van der Waals surface area contributed by atoms with Crippen LogP contribution in [0.1, 0.15) is 44.0 Å². The van der Waals surface area contributed by atoms with Gasteiger partial charge in [-0.2, -0.15) is 0 Å². The normalized spacial score (nSPS) is 19.7. The van der Waals surface area contributed by atoms with Crippen molar-refractivity contribution in [2.75, 3.05) is 37.0 Å². The monoisotopic (exact) mass is 453 g/mol. The topological polar surface area (TPSA) is 70.7 Å². The van der Waals surface area contributed by atoms with E-state index in [0.717, 1.165) is 40.4 Å². The van der Waals surface area contributed by atoms with Gasteiger partial charge in [-0.3, -0.25) is 9.59 Å². The van der Waals surface area contributed by atoms with Gasteiger partial charge < -0.3 is 20.3 Å². The molecule has 0 unspecified atom stereocenters. The Bertz CT molecular complexity index is 1010. The van der Waals surface area contributed by atoms with Crippen LogP contribution < -0.4 is 15.5 Å². The number of benzene rings is 1. The van der Waals surface area contributed by atoms with Crippen LogP contribution in [0.15, 0.2) is 53.0 Å². The van der Waals surface area contributed by atoms with Crippen molar-refractivity contribution in [3.8, 4) is 0 Å². The third kappa shape index (κ3) is 4.74. The molecule has 2 N–H and O–H groups in total. The molecular formula is C25H31N3O3S. The molecule has 7 heteroatoms. The van der Waals surface area contributed by atoms with Crippen molar-refractivity contribution >= 4 is 34.4 Å². The van der Waals surface area contributed by atoms with Gasteiger partial charge in [-0.25, -0.2) is 0 Å². The number of hydrogen-bond donors (Lipinski definition) is 2. The van der Waals surface area contributed by atoms with Crippen molar-refractivity contribution in [3.63, 3.8) is 0 Å². The van der Waals surface area contributed by atoms with Crippen molar-refractivity contribution in [2.24, 2.45) is 5.41 Å². The van der Waals surface area contributed by atoms with E-state index >= 15 is 0 Å². The summed E-state index contributed by atoms with van der Waals surface area (Å²) in [4.78, 5) is 29.6. The van der Waals surface area contributed by atoms with Crippen LogP contribution in [0.25, 0.3) is 0 Å². The Morgan fingerprint density at radius 2 is 2.06 bits per heavy atom. The van der Waals surface area contributed by atoms with Crippen LogP contribution in [0.3, 0.4) is 0 Å². The number of nitrogens with zero attached hydrogens (tertiary/aromatic N) is 1. The molecule has 1 amide bonds. The maximum Gasteiger partial charge on any atom is 0.239 e. The van der Waals surface area contributed by atoms with Gasteiger partial charge in [0.2, 0.25) is 5.91 Å². The second-order valence-corrected chi connectivity index (χ2v) is 10.2. The minimum atomic E-state index is -0.297. The number of allylic oxidation sites excluding steroid dienone is 1. The van der Waals surface area contributed by atoms with E-state index < -0.39 is 0 Å². The highest BCUT2D eigenvalue weighted by Gasteiger charge is 2.42. The smallest absolute Gasteiger partial charge is 0.239 e. The van der Waals surface area contributed by atoms with Crippen LogP contribution in [-0.4, -0.2) is 38.5 Å². The lowest BCUT2D eigenvalue weighted by atomic mass is 9.74. The van der Waals surface area contributed by atoms with Crippen LogP contribution in [0.4, 0.5) is 11.4 Å². The number of rotatable bonds is 7. The highest BCUT2D eigenvalue weighted by molar-refractivity contribution is 7.10.